The summed E-state index contributed by atoms with van der Waals surface area (Å²) in [6, 6.07) is 7.57. The molecule has 3 nitrogen and oxygen atoms in total. The molecular weight excluding hydrogens is 280 g/mol. The number of hydrogen-bond acceptors (Lipinski definition) is 3. The van der Waals surface area contributed by atoms with Crippen LogP contribution in [-0.2, 0) is 12.8 Å². The first-order chi connectivity index (χ1) is 9.20. The molecule has 0 spiro atoms. The van der Waals surface area contributed by atoms with E-state index in [1.54, 1.807) is 11.3 Å². The van der Waals surface area contributed by atoms with Gasteiger partial charge in [-0.25, -0.2) is 4.98 Å². The van der Waals surface area contributed by atoms with E-state index in [9.17, 15) is 5.11 Å². The van der Waals surface area contributed by atoms with Gasteiger partial charge in [-0.1, -0.05) is 23.7 Å². The van der Waals surface area contributed by atoms with E-state index in [0.717, 1.165) is 16.2 Å². The molecule has 0 bridgehead atoms. The first-order valence-electron chi connectivity index (χ1n) is 6.04. The fraction of sp³-hybridized carbons (Fsp3) is 0.214. The molecule has 1 aromatic carbocycles. The average Bonchev–Trinajstić information content (AvgIpc) is 2.92. The van der Waals surface area contributed by atoms with Gasteiger partial charge in [-0.3, -0.25) is 4.40 Å². The molecule has 0 aliphatic heterocycles. The highest BCUT2D eigenvalue weighted by Crippen LogP contribution is 2.15. The molecule has 3 rings (SSSR count). The summed E-state index contributed by atoms with van der Waals surface area (Å²) in [7, 11) is 0. The molecule has 1 unspecified atom stereocenters. The van der Waals surface area contributed by atoms with Crippen molar-refractivity contribution >= 4 is 27.9 Å². The molecule has 0 radical (unpaired) electrons. The predicted octanol–water partition coefficient (Wildman–Crippen LogP) is 3.20. The molecule has 0 saturated heterocycles. The summed E-state index contributed by atoms with van der Waals surface area (Å²) >= 11 is 7.43. The molecule has 0 amide bonds. The van der Waals surface area contributed by atoms with Crippen molar-refractivity contribution in [1.29, 1.82) is 0 Å². The van der Waals surface area contributed by atoms with E-state index in [2.05, 4.69) is 4.98 Å². The maximum absolute atomic E-state index is 10.1. The maximum Gasteiger partial charge on any atom is 0.193 e. The molecule has 5 heteroatoms. The van der Waals surface area contributed by atoms with Gasteiger partial charge in [0.15, 0.2) is 4.96 Å². The van der Waals surface area contributed by atoms with Gasteiger partial charge >= 0.3 is 0 Å². The summed E-state index contributed by atoms with van der Waals surface area (Å²) in [6.07, 6.45) is 4.70. The Bertz CT molecular complexity index is 646. The first kappa shape index (κ1) is 12.7. The number of hydrogen-bond donors (Lipinski definition) is 1. The Morgan fingerprint density at radius 3 is 2.79 bits per heavy atom. The Hall–Kier alpha value is -1.36. The fourth-order valence-corrected chi connectivity index (χ4v) is 2.93. The number of imidazole rings is 1. The zero-order valence-corrected chi connectivity index (χ0v) is 11.7. The van der Waals surface area contributed by atoms with Crippen LogP contribution >= 0.6 is 22.9 Å². The van der Waals surface area contributed by atoms with Crippen LogP contribution in [0.2, 0.25) is 5.02 Å². The molecule has 19 heavy (non-hydrogen) atoms. The normalized spacial score (nSPS) is 12.9. The van der Waals surface area contributed by atoms with Crippen molar-refractivity contribution in [2.45, 2.75) is 18.9 Å². The van der Waals surface area contributed by atoms with E-state index >= 15 is 0 Å². The van der Waals surface area contributed by atoms with Gasteiger partial charge in [0.1, 0.15) is 0 Å². The molecule has 0 aliphatic rings. The number of benzene rings is 1. The van der Waals surface area contributed by atoms with Crippen LogP contribution in [-0.4, -0.2) is 20.6 Å². The Kier molecular flexibility index (Phi) is 3.55. The summed E-state index contributed by atoms with van der Waals surface area (Å²) in [6.45, 7) is 0. The molecule has 0 fully saturated rings. The lowest BCUT2D eigenvalue weighted by atomic mass is 10.0. The highest BCUT2D eigenvalue weighted by atomic mass is 35.5. The molecule has 1 atom stereocenters. The number of aliphatic hydroxyl groups excluding tert-OH is 1. The number of aromatic nitrogens is 2. The average molecular weight is 293 g/mol. The number of nitrogens with zero attached hydrogens (tertiary/aromatic N) is 2. The minimum absolute atomic E-state index is 0.425. The van der Waals surface area contributed by atoms with Gasteiger partial charge in [0.25, 0.3) is 0 Å². The molecule has 0 aliphatic carbocycles. The predicted molar refractivity (Wildman–Crippen MR) is 77.9 cm³/mol. The molecule has 0 saturated carbocycles. The van der Waals surface area contributed by atoms with Gasteiger partial charge < -0.3 is 5.11 Å². The second-order valence-electron chi connectivity index (χ2n) is 4.51. The minimum atomic E-state index is -0.425. The molecular formula is C14H13ClN2OS. The molecule has 3 aromatic rings. The lowest BCUT2D eigenvalue weighted by Gasteiger charge is -2.08. The number of fused-ring (bicyclic) bond motifs is 1. The van der Waals surface area contributed by atoms with E-state index < -0.39 is 6.10 Å². The van der Waals surface area contributed by atoms with Gasteiger partial charge in [-0.15, -0.1) is 11.3 Å². The van der Waals surface area contributed by atoms with Gasteiger partial charge in [-0.05, 0) is 24.1 Å². The van der Waals surface area contributed by atoms with E-state index in [1.807, 2.05) is 46.4 Å². The number of aliphatic hydroxyl groups is 1. The van der Waals surface area contributed by atoms with Crippen molar-refractivity contribution in [3.63, 3.8) is 0 Å². The van der Waals surface area contributed by atoms with Crippen molar-refractivity contribution in [3.05, 3.63) is 58.3 Å². The standard InChI is InChI=1S/C14H13ClN2OS/c15-11-3-1-10(2-4-11)7-13(18)8-12-9-17-5-6-19-14(17)16-12/h1-6,9,13,18H,7-8H2. The van der Waals surface area contributed by atoms with Gasteiger partial charge in [0.05, 0.1) is 11.8 Å². The summed E-state index contributed by atoms with van der Waals surface area (Å²) in [5, 5.41) is 12.8. The second kappa shape index (κ2) is 5.33. The van der Waals surface area contributed by atoms with Crippen LogP contribution in [0.15, 0.2) is 42.0 Å². The van der Waals surface area contributed by atoms with E-state index in [1.165, 1.54) is 0 Å². The maximum atomic E-state index is 10.1. The van der Waals surface area contributed by atoms with Gasteiger partial charge in [-0.2, -0.15) is 0 Å². The second-order valence-corrected chi connectivity index (χ2v) is 5.82. The van der Waals surface area contributed by atoms with Crippen LogP contribution in [0.4, 0.5) is 0 Å². The van der Waals surface area contributed by atoms with Crippen LogP contribution in [0.3, 0.4) is 0 Å². The Labute approximate surface area is 120 Å². The lowest BCUT2D eigenvalue weighted by molar-refractivity contribution is 0.174. The van der Waals surface area contributed by atoms with E-state index in [0.29, 0.717) is 17.9 Å². The molecule has 1 N–H and O–H groups in total. The quantitative estimate of drug-likeness (QED) is 0.802. The van der Waals surface area contributed by atoms with Crippen LogP contribution < -0.4 is 0 Å². The Balaban J connectivity index is 1.66. The fourth-order valence-electron chi connectivity index (χ4n) is 2.08. The summed E-state index contributed by atoms with van der Waals surface area (Å²) in [4.78, 5) is 5.44. The third-order valence-electron chi connectivity index (χ3n) is 2.97. The van der Waals surface area contributed by atoms with Crippen LogP contribution in [0.25, 0.3) is 4.96 Å². The van der Waals surface area contributed by atoms with Gasteiger partial charge in [0.2, 0.25) is 0 Å². The SMILES string of the molecule is OC(Cc1ccc(Cl)cc1)Cc1cn2ccsc2n1. The Morgan fingerprint density at radius 2 is 2.05 bits per heavy atom. The summed E-state index contributed by atoms with van der Waals surface area (Å²) < 4.78 is 1.98. The number of halogens is 1. The Morgan fingerprint density at radius 1 is 1.26 bits per heavy atom. The van der Waals surface area contributed by atoms with E-state index in [4.69, 9.17) is 11.6 Å². The minimum Gasteiger partial charge on any atom is -0.392 e. The number of thiazole rings is 1. The molecule has 98 valence electrons. The van der Waals surface area contributed by atoms with Crippen LogP contribution in [0.5, 0.6) is 0 Å². The van der Waals surface area contributed by atoms with Crippen molar-refractivity contribution in [2.75, 3.05) is 0 Å². The zero-order chi connectivity index (χ0) is 13.2. The summed E-state index contributed by atoms with van der Waals surface area (Å²) in [5.41, 5.74) is 2.01. The van der Waals surface area contributed by atoms with Gasteiger partial charge in [0, 0.05) is 29.2 Å². The monoisotopic (exact) mass is 292 g/mol. The highest BCUT2D eigenvalue weighted by molar-refractivity contribution is 7.15. The first-order valence-corrected chi connectivity index (χ1v) is 7.30. The third kappa shape index (κ3) is 2.97. The number of rotatable bonds is 4. The van der Waals surface area contributed by atoms with E-state index in [-0.39, 0.29) is 0 Å². The van der Waals surface area contributed by atoms with Crippen molar-refractivity contribution in [2.24, 2.45) is 0 Å². The smallest absolute Gasteiger partial charge is 0.193 e. The van der Waals surface area contributed by atoms with Crippen LogP contribution in [0, 0.1) is 0 Å². The largest absolute Gasteiger partial charge is 0.392 e. The molecule has 2 heterocycles. The van der Waals surface area contributed by atoms with Crippen molar-refractivity contribution in [1.82, 2.24) is 9.38 Å². The zero-order valence-electron chi connectivity index (χ0n) is 10.2. The van der Waals surface area contributed by atoms with Crippen LogP contribution in [0.1, 0.15) is 11.3 Å². The van der Waals surface area contributed by atoms with Crippen molar-refractivity contribution in [3.8, 4) is 0 Å². The van der Waals surface area contributed by atoms with Crippen molar-refractivity contribution < 1.29 is 5.11 Å². The highest BCUT2D eigenvalue weighted by Gasteiger charge is 2.10. The topological polar surface area (TPSA) is 37.5 Å². The third-order valence-corrected chi connectivity index (χ3v) is 4.00. The molecule has 2 aromatic heterocycles. The lowest BCUT2D eigenvalue weighted by Crippen LogP contribution is -2.14. The summed E-state index contributed by atoms with van der Waals surface area (Å²) in [5.74, 6) is 0.